The van der Waals surface area contributed by atoms with Crippen LogP contribution in [0.4, 0.5) is 0 Å². The number of hydrogen-bond donors (Lipinski definition) is 2. The Morgan fingerprint density at radius 3 is 2.63 bits per heavy atom. The summed E-state index contributed by atoms with van der Waals surface area (Å²) in [4.78, 5) is 28.7. The van der Waals surface area contributed by atoms with E-state index in [1.54, 1.807) is 22.6 Å². The number of methoxy groups -OCH3 is 2. The number of aromatic nitrogens is 2. The van der Waals surface area contributed by atoms with Crippen molar-refractivity contribution in [3.8, 4) is 11.5 Å². The predicted molar refractivity (Wildman–Crippen MR) is 120 cm³/mol. The van der Waals surface area contributed by atoms with Crippen LogP contribution in [-0.2, 0) is 6.54 Å². The topological polar surface area (TPSA) is 84.8 Å². The molecule has 4 rings (SSSR count). The van der Waals surface area contributed by atoms with Crippen molar-refractivity contribution in [2.24, 2.45) is 0 Å². The number of hydrogen-bond acceptors (Lipinski definition) is 6. The molecule has 2 aromatic carbocycles. The van der Waals surface area contributed by atoms with E-state index in [-0.39, 0.29) is 18.0 Å². The van der Waals surface area contributed by atoms with E-state index < -0.39 is 0 Å². The quantitative estimate of drug-likeness (QED) is 0.436. The van der Waals surface area contributed by atoms with Gasteiger partial charge in [0.1, 0.15) is 10.5 Å². The predicted octanol–water partition coefficient (Wildman–Crippen LogP) is 4.17. The number of H-pyrrole nitrogens is 1. The molecule has 1 amide bonds. The van der Waals surface area contributed by atoms with E-state index in [0.29, 0.717) is 41.9 Å². The van der Waals surface area contributed by atoms with Crippen LogP contribution in [0.1, 0.15) is 15.2 Å². The van der Waals surface area contributed by atoms with Gasteiger partial charge in [-0.2, -0.15) is 0 Å². The maximum atomic E-state index is 12.9. The molecule has 0 saturated carbocycles. The van der Waals surface area contributed by atoms with Gasteiger partial charge in [-0.1, -0.05) is 41.1 Å². The molecule has 0 aliphatic carbocycles. The van der Waals surface area contributed by atoms with Crippen LogP contribution in [0.15, 0.2) is 41.2 Å². The van der Waals surface area contributed by atoms with Crippen molar-refractivity contribution in [3.63, 3.8) is 0 Å². The van der Waals surface area contributed by atoms with Crippen LogP contribution in [0.5, 0.6) is 11.5 Å². The van der Waals surface area contributed by atoms with Crippen LogP contribution in [0.3, 0.4) is 0 Å². The van der Waals surface area contributed by atoms with Gasteiger partial charge in [-0.15, -0.1) is 0 Å². The zero-order chi connectivity index (χ0) is 21.4. The van der Waals surface area contributed by atoms with E-state index in [9.17, 15) is 9.59 Å². The molecule has 0 radical (unpaired) electrons. The monoisotopic (exact) mass is 461 g/mol. The summed E-state index contributed by atoms with van der Waals surface area (Å²) in [7, 11) is 3.00. The van der Waals surface area contributed by atoms with E-state index in [1.807, 2.05) is 18.2 Å². The highest BCUT2D eigenvalue weighted by atomic mass is 35.5. The second-order valence-corrected chi connectivity index (χ2v) is 8.39. The SMILES string of the molecule is COc1cc2c(=O)[nH]c3c(C(=O)NCc4ccccc4Cl)sc(=S)n3c2cc1OC. The van der Waals surface area contributed by atoms with Crippen molar-refractivity contribution in [2.45, 2.75) is 6.54 Å². The highest BCUT2D eigenvalue weighted by molar-refractivity contribution is 7.73. The highest BCUT2D eigenvalue weighted by Crippen LogP contribution is 2.32. The number of aromatic amines is 1. The van der Waals surface area contributed by atoms with E-state index in [0.717, 1.165) is 16.9 Å². The third-order valence-corrected chi connectivity index (χ3v) is 6.37. The molecule has 2 heterocycles. The van der Waals surface area contributed by atoms with E-state index >= 15 is 0 Å². The summed E-state index contributed by atoms with van der Waals surface area (Å²) >= 11 is 12.8. The lowest BCUT2D eigenvalue weighted by atomic mass is 10.2. The minimum atomic E-state index is -0.362. The van der Waals surface area contributed by atoms with Crippen molar-refractivity contribution in [1.82, 2.24) is 14.7 Å². The molecular formula is C20H16ClN3O4S2. The van der Waals surface area contributed by atoms with E-state index in [4.69, 9.17) is 33.3 Å². The minimum absolute atomic E-state index is 0.248. The number of amides is 1. The number of nitrogens with zero attached hydrogens (tertiary/aromatic N) is 1. The molecule has 2 aromatic heterocycles. The number of carbonyl (C=O) groups excluding carboxylic acids is 1. The van der Waals surface area contributed by atoms with Gasteiger partial charge < -0.3 is 19.8 Å². The van der Waals surface area contributed by atoms with Crippen molar-refractivity contribution in [3.05, 3.63) is 66.2 Å². The zero-order valence-electron chi connectivity index (χ0n) is 15.9. The normalized spacial score (nSPS) is 11.0. The molecule has 0 bridgehead atoms. The lowest BCUT2D eigenvalue weighted by Crippen LogP contribution is -2.23. The standard InChI is InChI=1S/C20H16ClN3O4S2/c1-27-14-7-11-13(8-15(14)28-2)24-17(23-18(11)25)16(30-20(24)29)19(26)22-9-10-5-3-4-6-12(10)21/h3-8H,9H2,1-2H3,(H,22,26)(H,23,25). The van der Waals surface area contributed by atoms with Crippen molar-refractivity contribution < 1.29 is 14.3 Å². The highest BCUT2D eigenvalue weighted by Gasteiger charge is 2.19. The Kier molecular flexibility index (Phi) is 5.50. The maximum absolute atomic E-state index is 12.9. The van der Waals surface area contributed by atoms with Gasteiger partial charge in [0.05, 0.1) is 25.1 Å². The maximum Gasteiger partial charge on any atom is 0.265 e. The molecule has 154 valence electrons. The Labute approximate surface area is 184 Å². The Morgan fingerprint density at radius 1 is 1.23 bits per heavy atom. The van der Waals surface area contributed by atoms with Crippen LogP contribution in [0, 0.1) is 3.95 Å². The second kappa shape index (κ2) is 8.10. The third-order valence-electron chi connectivity index (χ3n) is 4.63. The first-order valence-electron chi connectivity index (χ1n) is 8.79. The molecule has 0 spiro atoms. The fourth-order valence-electron chi connectivity index (χ4n) is 3.17. The average molecular weight is 462 g/mol. The van der Waals surface area contributed by atoms with E-state index in [2.05, 4.69) is 10.3 Å². The van der Waals surface area contributed by atoms with Gasteiger partial charge in [0.25, 0.3) is 11.5 Å². The summed E-state index contributed by atoms with van der Waals surface area (Å²) in [5.41, 5.74) is 1.28. The molecular weight excluding hydrogens is 446 g/mol. The number of halogens is 1. The number of benzene rings is 2. The van der Waals surface area contributed by atoms with Gasteiger partial charge in [0.15, 0.2) is 15.5 Å². The molecule has 0 saturated heterocycles. The first-order valence-corrected chi connectivity index (χ1v) is 10.4. The van der Waals surface area contributed by atoms with Crippen LogP contribution in [0.25, 0.3) is 16.6 Å². The summed E-state index contributed by atoms with van der Waals surface area (Å²) in [6, 6.07) is 10.5. The molecule has 0 aliphatic heterocycles. The second-order valence-electron chi connectivity index (χ2n) is 6.33. The molecule has 0 atom stereocenters. The third kappa shape index (κ3) is 3.45. The van der Waals surface area contributed by atoms with Crippen molar-refractivity contribution >= 4 is 57.6 Å². The minimum Gasteiger partial charge on any atom is -0.493 e. The van der Waals surface area contributed by atoms with Crippen LogP contribution in [-0.4, -0.2) is 29.5 Å². The molecule has 2 N–H and O–H groups in total. The number of carbonyl (C=O) groups is 1. The molecule has 30 heavy (non-hydrogen) atoms. The first kappa shape index (κ1) is 20.4. The zero-order valence-corrected chi connectivity index (χ0v) is 18.3. The molecule has 10 heteroatoms. The Hall–Kier alpha value is -2.88. The van der Waals surface area contributed by atoms with Gasteiger partial charge in [0, 0.05) is 17.6 Å². The summed E-state index contributed by atoms with van der Waals surface area (Å²) in [5, 5.41) is 3.77. The lowest BCUT2D eigenvalue weighted by Gasteiger charge is -2.10. The molecule has 7 nitrogen and oxygen atoms in total. The van der Waals surface area contributed by atoms with Crippen molar-refractivity contribution in [1.29, 1.82) is 0 Å². The van der Waals surface area contributed by atoms with Gasteiger partial charge in [0.2, 0.25) is 0 Å². The molecule has 0 aliphatic rings. The lowest BCUT2D eigenvalue weighted by molar-refractivity contribution is 0.0956. The number of nitrogens with one attached hydrogen (secondary N) is 2. The largest absolute Gasteiger partial charge is 0.493 e. The number of ether oxygens (including phenoxy) is 2. The van der Waals surface area contributed by atoms with Crippen molar-refractivity contribution in [2.75, 3.05) is 14.2 Å². The van der Waals surface area contributed by atoms with E-state index in [1.165, 1.54) is 14.2 Å². The summed E-state index contributed by atoms with van der Waals surface area (Å²) in [6.07, 6.45) is 0. The number of fused-ring (bicyclic) bond motifs is 3. The van der Waals surface area contributed by atoms with Gasteiger partial charge in [-0.3, -0.25) is 14.0 Å². The van der Waals surface area contributed by atoms with Crippen LogP contribution in [0.2, 0.25) is 5.02 Å². The summed E-state index contributed by atoms with van der Waals surface area (Å²) < 4.78 is 12.7. The van der Waals surface area contributed by atoms with Gasteiger partial charge in [-0.05, 0) is 29.9 Å². The molecule has 0 fully saturated rings. The fraction of sp³-hybridized carbons (Fsp3) is 0.150. The Balaban J connectivity index is 1.82. The molecule has 4 aromatic rings. The summed E-state index contributed by atoms with van der Waals surface area (Å²) in [5.74, 6) is 0.521. The van der Waals surface area contributed by atoms with Crippen LogP contribution >= 0.6 is 35.2 Å². The molecule has 0 unspecified atom stereocenters. The average Bonchev–Trinajstić information content (AvgIpc) is 3.08. The first-order chi connectivity index (χ1) is 14.4. The van der Waals surface area contributed by atoms with Crippen LogP contribution < -0.4 is 20.3 Å². The smallest absolute Gasteiger partial charge is 0.265 e. The number of thiazole rings is 1. The Bertz CT molecular complexity index is 1410. The summed E-state index contributed by atoms with van der Waals surface area (Å²) in [6.45, 7) is 0.248. The van der Waals surface area contributed by atoms with Gasteiger partial charge >= 0.3 is 0 Å². The number of rotatable bonds is 5. The Morgan fingerprint density at radius 2 is 1.93 bits per heavy atom. The van der Waals surface area contributed by atoms with Gasteiger partial charge in [-0.25, -0.2) is 0 Å². The fourth-order valence-corrected chi connectivity index (χ4v) is 4.67.